The Balaban J connectivity index is 1.67. The number of hydrogen-bond acceptors (Lipinski definition) is 6. The fourth-order valence-corrected chi connectivity index (χ4v) is 6.73. The number of fused-ring (bicyclic) bond motifs is 1. The summed E-state index contributed by atoms with van der Waals surface area (Å²) in [5.41, 5.74) is 3.02. The molecule has 180 valence electrons. The summed E-state index contributed by atoms with van der Waals surface area (Å²) < 4.78 is 62.0. The zero-order chi connectivity index (χ0) is 23.5. The number of ether oxygens (including phenoxy) is 1. The maximum Gasteiger partial charge on any atom is 0.261 e. The standard InChI is InChI=1S/C23H31N3O5S2/c1-2-3-11-24-22-10-9-21(33(29,30)26-12-14-31-15-13-26)17-23(22)25-32(27,28)20-8-7-18-5-4-6-19(18)16-20/h7-10,16-17,24-25H,2-6,11-15H2,1H3. The third kappa shape index (κ3) is 5.34. The molecule has 2 N–H and O–H groups in total. The Morgan fingerprint density at radius 2 is 1.64 bits per heavy atom. The van der Waals surface area contributed by atoms with Crippen molar-refractivity contribution in [2.75, 3.05) is 42.9 Å². The number of anilines is 2. The summed E-state index contributed by atoms with van der Waals surface area (Å²) >= 11 is 0. The van der Waals surface area contributed by atoms with Crippen molar-refractivity contribution >= 4 is 31.4 Å². The first-order chi connectivity index (χ1) is 15.8. The molecule has 2 aromatic carbocycles. The highest BCUT2D eigenvalue weighted by atomic mass is 32.2. The highest BCUT2D eigenvalue weighted by Gasteiger charge is 2.28. The van der Waals surface area contributed by atoms with Crippen molar-refractivity contribution < 1.29 is 21.6 Å². The van der Waals surface area contributed by atoms with E-state index in [0.717, 1.165) is 37.7 Å². The van der Waals surface area contributed by atoms with Gasteiger partial charge in [-0.05, 0) is 67.1 Å². The van der Waals surface area contributed by atoms with Gasteiger partial charge in [0.15, 0.2) is 0 Å². The molecule has 0 saturated carbocycles. The lowest BCUT2D eigenvalue weighted by Crippen LogP contribution is -2.40. The number of nitrogens with one attached hydrogen (secondary N) is 2. The Hall–Kier alpha value is -2.14. The number of nitrogens with zero attached hydrogens (tertiary/aromatic N) is 1. The summed E-state index contributed by atoms with van der Waals surface area (Å²) in [5.74, 6) is 0. The van der Waals surface area contributed by atoms with E-state index < -0.39 is 20.0 Å². The predicted molar refractivity (Wildman–Crippen MR) is 129 cm³/mol. The van der Waals surface area contributed by atoms with E-state index in [2.05, 4.69) is 17.0 Å². The molecule has 0 radical (unpaired) electrons. The van der Waals surface area contributed by atoms with Gasteiger partial charge in [-0.1, -0.05) is 19.4 Å². The van der Waals surface area contributed by atoms with E-state index in [0.29, 0.717) is 25.4 Å². The van der Waals surface area contributed by atoms with Crippen LogP contribution in [0.3, 0.4) is 0 Å². The van der Waals surface area contributed by atoms with Crippen LogP contribution in [0, 0.1) is 0 Å². The molecule has 2 aromatic rings. The number of unbranched alkanes of at least 4 members (excludes halogenated alkanes) is 1. The maximum atomic E-state index is 13.2. The Bertz CT molecular complexity index is 1210. The van der Waals surface area contributed by atoms with Gasteiger partial charge in [0.1, 0.15) is 0 Å². The average molecular weight is 494 g/mol. The van der Waals surface area contributed by atoms with Crippen LogP contribution < -0.4 is 10.0 Å². The van der Waals surface area contributed by atoms with Crippen molar-refractivity contribution in [3.05, 3.63) is 47.5 Å². The first-order valence-corrected chi connectivity index (χ1v) is 14.3. The van der Waals surface area contributed by atoms with Crippen LogP contribution in [0.4, 0.5) is 11.4 Å². The van der Waals surface area contributed by atoms with Crippen LogP contribution in [0.5, 0.6) is 0 Å². The van der Waals surface area contributed by atoms with Gasteiger partial charge >= 0.3 is 0 Å². The Morgan fingerprint density at radius 3 is 2.39 bits per heavy atom. The number of sulfonamides is 2. The summed E-state index contributed by atoms with van der Waals surface area (Å²) in [7, 11) is -7.66. The number of benzene rings is 2. The van der Waals surface area contributed by atoms with Crippen LogP contribution in [0.1, 0.15) is 37.3 Å². The van der Waals surface area contributed by atoms with E-state index in [1.54, 1.807) is 18.2 Å². The molecule has 1 fully saturated rings. The molecule has 1 saturated heterocycles. The molecule has 0 unspecified atom stereocenters. The Morgan fingerprint density at radius 1 is 0.909 bits per heavy atom. The molecular formula is C23H31N3O5S2. The van der Waals surface area contributed by atoms with Crippen molar-refractivity contribution in [1.82, 2.24) is 4.31 Å². The molecule has 0 aromatic heterocycles. The van der Waals surface area contributed by atoms with E-state index in [1.165, 1.54) is 22.0 Å². The SMILES string of the molecule is CCCCNc1ccc(S(=O)(=O)N2CCOCC2)cc1NS(=O)(=O)c1ccc2c(c1)CCC2. The second-order valence-corrected chi connectivity index (χ2v) is 12.0. The van der Waals surface area contributed by atoms with Crippen molar-refractivity contribution in [3.63, 3.8) is 0 Å². The van der Waals surface area contributed by atoms with E-state index >= 15 is 0 Å². The van der Waals surface area contributed by atoms with Crippen molar-refractivity contribution in [2.45, 2.75) is 48.8 Å². The molecule has 8 nitrogen and oxygen atoms in total. The van der Waals surface area contributed by atoms with Crippen molar-refractivity contribution in [3.8, 4) is 0 Å². The molecular weight excluding hydrogens is 462 g/mol. The van der Waals surface area contributed by atoms with E-state index in [-0.39, 0.29) is 28.6 Å². The van der Waals surface area contributed by atoms with Gasteiger partial charge in [-0.3, -0.25) is 4.72 Å². The van der Waals surface area contributed by atoms with Crippen molar-refractivity contribution in [1.29, 1.82) is 0 Å². The minimum absolute atomic E-state index is 0.0529. The highest BCUT2D eigenvalue weighted by Crippen LogP contribution is 2.31. The largest absolute Gasteiger partial charge is 0.383 e. The fourth-order valence-electron chi connectivity index (χ4n) is 4.18. The monoisotopic (exact) mass is 493 g/mol. The molecule has 0 amide bonds. The second-order valence-electron chi connectivity index (χ2n) is 8.39. The quantitative estimate of drug-likeness (QED) is 0.520. The van der Waals surface area contributed by atoms with Gasteiger partial charge in [-0.15, -0.1) is 0 Å². The third-order valence-electron chi connectivity index (χ3n) is 6.07. The lowest BCUT2D eigenvalue weighted by Gasteiger charge is -2.26. The molecule has 1 aliphatic heterocycles. The van der Waals surface area contributed by atoms with Crippen LogP contribution in [0.2, 0.25) is 0 Å². The van der Waals surface area contributed by atoms with Crippen LogP contribution in [-0.4, -0.2) is 54.0 Å². The number of rotatable bonds is 9. The minimum atomic E-state index is -3.89. The first kappa shape index (κ1) is 24.0. The lowest BCUT2D eigenvalue weighted by molar-refractivity contribution is 0.0730. The molecule has 0 atom stereocenters. The zero-order valence-electron chi connectivity index (χ0n) is 18.8. The lowest BCUT2D eigenvalue weighted by atomic mass is 10.1. The summed E-state index contributed by atoms with van der Waals surface area (Å²) in [5, 5.41) is 3.23. The topological polar surface area (TPSA) is 105 Å². The first-order valence-electron chi connectivity index (χ1n) is 11.4. The normalized spacial score (nSPS) is 17.0. The van der Waals surface area contributed by atoms with Gasteiger partial charge in [0, 0.05) is 19.6 Å². The second kappa shape index (κ2) is 10.0. The maximum absolute atomic E-state index is 13.2. The predicted octanol–water partition coefficient (Wildman–Crippen LogP) is 3.21. The van der Waals surface area contributed by atoms with Crippen LogP contribution >= 0.6 is 0 Å². The van der Waals surface area contributed by atoms with E-state index in [4.69, 9.17) is 4.74 Å². The zero-order valence-corrected chi connectivity index (χ0v) is 20.5. The van der Waals surface area contributed by atoms with Gasteiger partial charge in [-0.25, -0.2) is 16.8 Å². The van der Waals surface area contributed by atoms with Crippen LogP contribution in [-0.2, 0) is 37.6 Å². The molecule has 10 heteroatoms. The molecule has 2 aliphatic rings. The van der Waals surface area contributed by atoms with Gasteiger partial charge in [-0.2, -0.15) is 4.31 Å². The molecule has 33 heavy (non-hydrogen) atoms. The van der Waals surface area contributed by atoms with Crippen LogP contribution in [0.15, 0.2) is 46.2 Å². The number of aryl methyl sites for hydroxylation is 2. The fraction of sp³-hybridized carbons (Fsp3) is 0.478. The van der Waals surface area contributed by atoms with Gasteiger partial charge in [0.25, 0.3) is 10.0 Å². The third-order valence-corrected chi connectivity index (χ3v) is 9.33. The van der Waals surface area contributed by atoms with Crippen LogP contribution in [0.25, 0.3) is 0 Å². The number of hydrogen-bond donors (Lipinski definition) is 2. The highest BCUT2D eigenvalue weighted by molar-refractivity contribution is 7.92. The molecule has 0 spiro atoms. The molecule has 0 bridgehead atoms. The van der Waals surface area contributed by atoms with Crippen molar-refractivity contribution in [2.24, 2.45) is 0 Å². The molecule has 4 rings (SSSR count). The van der Waals surface area contributed by atoms with E-state index in [9.17, 15) is 16.8 Å². The summed E-state index contributed by atoms with van der Waals surface area (Å²) in [6, 6.07) is 9.77. The number of morpholine rings is 1. The van der Waals surface area contributed by atoms with Gasteiger partial charge < -0.3 is 10.1 Å². The van der Waals surface area contributed by atoms with Gasteiger partial charge in [0.2, 0.25) is 10.0 Å². The molecule has 1 heterocycles. The minimum Gasteiger partial charge on any atom is -0.383 e. The molecule has 1 aliphatic carbocycles. The summed E-state index contributed by atoms with van der Waals surface area (Å²) in [6.45, 7) is 3.95. The average Bonchev–Trinajstić information content (AvgIpc) is 3.28. The Kier molecular flexibility index (Phi) is 7.28. The summed E-state index contributed by atoms with van der Waals surface area (Å²) in [4.78, 5) is 0.237. The van der Waals surface area contributed by atoms with E-state index in [1.807, 2.05) is 6.07 Å². The summed E-state index contributed by atoms with van der Waals surface area (Å²) in [6.07, 6.45) is 4.75. The smallest absolute Gasteiger partial charge is 0.261 e. The van der Waals surface area contributed by atoms with Gasteiger partial charge in [0.05, 0.1) is 34.4 Å². The Labute approximate surface area is 196 Å².